The number of hydrogen-bond donors (Lipinski definition) is 2. The highest BCUT2D eigenvalue weighted by atomic mass is 32.2. The van der Waals surface area contributed by atoms with Crippen LogP contribution in [0.1, 0.15) is 24.8 Å². The Morgan fingerprint density at radius 3 is 2.75 bits per heavy atom. The number of hydrogen-bond acceptors (Lipinski definition) is 5. The second kappa shape index (κ2) is 6.93. The van der Waals surface area contributed by atoms with Gasteiger partial charge in [-0.25, -0.2) is 4.98 Å². The Morgan fingerprint density at radius 2 is 2.25 bits per heavy atom. The number of nitrogens with one attached hydrogen (secondary N) is 1. The molecule has 1 rings (SSSR count). The Hall–Kier alpha value is -0.520. The van der Waals surface area contributed by atoms with Crippen LogP contribution in [0.2, 0.25) is 0 Å². The van der Waals surface area contributed by atoms with E-state index in [0.717, 1.165) is 35.4 Å². The van der Waals surface area contributed by atoms with Gasteiger partial charge in [-0.15, -0.1) is 0 Å². The van der Waals surface area contributed by atoms with Crippen LogP contribution in [0, 0.1) is 13.8 Å². The first-order valence-corrected chi connectivity index (χ1v) is 6.57. The van der Waals surface area contributed by atoms with Gasteiger partial charge in [-0.3, -0.25) is 0 Å². The van der Waals surface area contributed by atoms with Crippen molar-refractivity contribution in [1.82, 2.24) is 10.3 Å². The van der Waals surface area contributed by atoms with Crippen LogP contribution in [-0.4, -0.2) is 35.0 Å². The van der Waals surface area contributed by atoms with Crippen LogP contribution in [0.5, 0.6) is 0 Å². The zero-order chi connectivity index (χ0) is 12.0. The van der Waals surface area contributed by atoms with Crippen LogP contribution in [0.15, 0.2) is 9.64 Å². The minimum Gasteiger partial charge on any atom is -0.437 e. The van der Waals surface area contributed by atoms with Crippen molar-refractivity contribution < 1.29 is 9.52 Å². The molecule has 0 saturated carbocycles. The molecule has 0 amide bonds. The maximum absolute atomic E-state index is 8.92. The normalized spacial score (nSPS) is 13.0. The highest BCUT2D eigenvalue weighted by Gasteiger charge is 2.11. The molecule has 0 bridgehead atoms. The second-order valence-electron chi connectivity index (χ2n) is 3.70. The summed E-state index contributed by atoms with van der Waals surface area (Å²) >= 11 is 1.59. The summed E-state index contributed by atoms with van der Waals surface area (Å²) in [6, 6.07) is 0.313. The van der Waals surface area contributed by atoms with E-state index in [4.69, 9.17) is 9.52 Å². The largest absolute Gasteiger partial charge is 0.437 e. The van der Waals surface area contributed by atoms with Crippen molar-refractivity contribution in [2.75, 3.05) is 18.9 Å². The van der Waals surface area contributed by atoms with Gasteiger partial charge < -0.3 is 14.8 Å². The molecule has 2 N–H and O–H groups in total. The van der Waals surface area contributed by atoms with Gasteiger partial charge in [0, 0.05) is 18.4 Å². The standard InChI is InChI=1S/C11H20N2O2S/c1-4-12-10(5-6-14)7-16-11-13-8(2)9(3)15-11/h10,12,14H,4-7H2,1-3H3. The lowest BCUT2D eigenvalue weighted by atomic mass is 10.2. The van der Waals surface area contributed by atoms with Crippen molar-refractivity contribution >= 4 is 11.8 Å². The van der Waals surface area contributed by atoms with E-state index in [1.54, 1.807) is 11.8 Å². The quantitative estimate of drug-likeness (QED) is 0.716. The average molecular weight is 244 g/mol. The van der Waals surface area contributed by atoms with E-state index in [9.17, 15) is 0 Å². The van der Waals surface area contributed by atoms with E-state index in [0.29, 0.717) is 6.04 Å². The first-order valence-electron chi connectivity index (χ1n) is 5.58. The molecule has 1 unspecified atom stereocenters. The molecule has 0 saturated heterocycles. The Morgan fingerprint density at radius 1 is 1.50 bits per heavy atom. The van der Waals surface area contributed by atoms with Gasteiger partial charge in [0.1, 0.15) is 5.76 Å². The number of aromatic nitrogens is 1. The van der Waals surface area contributed by atoms with Crippen molar-refractivity contribution in [2.45, 2.75) is 38.5 Å². The van der Waals surface area contributed by atoms with Gasteiger partial charge in [-0.1, -0.05) is 18.7 Å². The van der Waals surface area contributed by atoms with E-state index in [2.05, 4.69) is 17.2 Å². The van der Waals surface area contributed by atoms with Crippen molar-refractivity contribution in [3.63, 3.8) is 0 Å². The predicted octanol–water partition coefficient (Wildman–Crippen LogP) is 1.74. The van der Waals surface area contributed by atoms with Crippen LogP contribution < -0.4 is 5.32 Å². The molecule has 0 aliphatic carbocycles. The van der Waals surface area contributed by atoms with Crippen LogP contribution >= 0.6 is 11.8 Å². The Labute approximate surface area is 101 Å². The number of aliphatic hydroxyl groups excluding tert-OH is 1. The monoisotopic (exact) mass is 244 g/mol. The summed E-state index contributed by atoms with van der Waals surface area (Å²) in [5.74, 6) is 1.75. The number of nitrogens with zero attached hydrogens (tertiary/aromatic N) is 1. The number of aryl methyl sites for hydroxylation is 2. The van der Waals surface area contributed by atoms with Crippen molar-refractivity contribution in [2.24, 2.45) is 0 Å². The number of aliphatic hydroxyl groups is 1. The summed E-state index contributed by atoms with van der Waals surface area (Å²) in [6.45, 7) is 7.05. The fraction of sp³-hybridized carbons (Fsp3) is 0.727. The maximum Gasteiger partial charge on any atom is 0.256 e. The molecule has 0 aliphatic rings. The van der Waals surface area contributed by atoms with Gasteiger partial charge in [0.2, 0.25) is 0 Å². The lowest BCUT2D eigenvalue weighted by molar-refractivity contribution is 0.271. The van der Waals surface area contributed by atoms with Crippen molar-refractivity contribution in [3.8, 4) is 0 Å². The molecule has 0 aliphatic heterocycles. The summed E-state index contributed by atoms with van der Waals surface area (Å²) in [5.41, 5.74) is 0.949. The van der Waals surface area contributed by atoms with E-state index < -0.39 is 0 Å². The van der Waals surface area contributed by atoms with Gasteiger partial charge in [0.15, 0.2) is 0 Å². The first kappa shape index (κ1) is 13.5. The topological polar surface area (TPSA) is 58.3 Å². The summed E-state index contributed by atoms with van der Waals surface area (Å²) in [5, 5.41) is 13.0. The average Bonchev–Trinajstić information content (AvgIpc) is 2.56. The van der Waals surface area contributed by atoms with Crippen LogP contribution in [0.4, 0.5) is 0 Å². The Kier molecular flexibility index (Phi) is 5.87. The molecule has 1 heterocycles. The molecule has 0 fully saturated rings. The SMILES string of the molecule is CCNC(CCO)CSc1nc(C)c(C)o1. The van der Waals surface area contributed by atoms with E-state index in [-0.39, 0.29) is 6.61 Å². The number of oxazole rings is 1. The third kappa shape index (κ3) is 4.15. The van der Waals surface area contributed by atoms with Crippen LogP contribution in [-0.2, 0) is 0 Å². The molecule has 92 valence electrons. The lowest BCUT2D eigenvalue weighted by Crippen LogP contribution is -2.32. The minimum atomic E-state index is 0.210. The highest BCUT2D eigenvalue weighted by molar-refractivity contribution is 7.99. The second-order valence-corrected chi connectivity index (χ2v) is 4.67. The summed E-state index contributed by atoms with van der Waals surface area (Å²) in [7, 11) is 0. The summed E-state index contributed by atoms with van der Waals surface area (Å²) in [6.07, 6.45) is 0.763. The molecule has 0 spiro atoms. The van der Waals surface area contributed by atoms with Crippen molar-refractivity contribution in [1.29, 1.82) is 0 Å². The molecule has 1 atom stereocenters. The molecule has 1 aromatic heterocycles. The molecular weight excluding hydrogens is 224 g/mol. The maximum atomic E-state index is 8.92. The predicted molar refractivity (Wildman–Crippen MR) is 65.9 cm³/mol. The molecule has 1 aromatic rings. The molecule has 16 heavy (non-hydrogen) atoms. The third-order valence-electron chi connectivity index (χ3n) is 2.39. The first-order chi connectivity index (χ1) is 7.67. The summed E-state index contributed by atoms with van der Waals surface area (Å²) in [4.78, 5) is 4.31. The van der Waals surface area contributed by atoms with Gasteiger partial charge in [-0.05, 0) is 26.8 Å². The fourth-order valence-electron chi connectivity index (χ4n) is 1.37. The number of thioether (sulfide) groups is 1. The summed E-state index contributed by atoms with van der Waals surface area (Å²) < 4.78 is 5.48. The van der Waals surface area contributed by atoms with Gasteiger partial charge >= 0.3 is 0 Å². The minimum absolute atomic E-state index is 0.210. The molecular formula is C11H20N2O2S. The molecule has 0 aromatic carbocycles. The Bertz CT molecular complexity index is 289. The number of rotatable bonds is 7. The van der Waals surface area contributed by atoms with Gasteiger partial charge in [0.25, 0.3) is 5.22 Å². The van der Waals surface area contributed by atoms with Gasteiger partial charge in [0.05, 0.1) is 5.69 Å². The van der Waals surface area contributed by atoms with Crippen LogP contribution in [0.3, 0.4) is 0 Å². The van der Waals surface area contributed by atoms with E-state index in [1.807, 2.05) is 13.8 Å². The van der Waals surface area contributed by atoms with Crippen LogP contribution in [0.25, 0.3) is 0 Å². The molecule has 0 radical (unpaired) electrons. The fourth-order valence-corrected chi connectivity index (χ4v) is 2.38. The molecule has 5 heteroatoms. The van der Waals surface area contributed by atoms with Crippen molar-refractivity contribution in [3.05, 3.63) is 11.5 Å². The van der Waals surface area contributed by atoms with E-state index >= 15 is 0 Å². The lowest BCUT2D eigenvalue weighted by Gasteiger charge is -2.14. The highest BCUT2D eigenvalue weighted by Crippen LogP contribution is 2.21. The Balaban J connectivity index is 2.41. The van der Waals surface area contributed by atoms with Gasteiger partial charge in [-0.2, -0.15) is 0 Å². The smallest absolute Gasteiger partial charge is 0.256 e. The zero-order valence-electron chi connectivity index (χ0n) is 10.1. The zero-order valence-corrected chi connectivity index (χ0v) is 10.9. The molecule has 4 nitrogen and oxygen atoms in total. The van der Waals surface area contributed by atoms with E-state index in [1.165, 1.54) is 0 Å². The third-order valence-corrected chi connectivity index (χ3v) is 3.38.